The molecule has 0 N–H and O–H groups in total. The first-order valence-corrected chi connectivity index (χ1v) is 7.47. The summed E-state index contributed by atoms with van der Waals surface area (Å²) in [5, 5.41) is 0. The fourth-order valence-electron chi connectivity index (χ4n) is 2.96. The molecular formula is C16H29N. The normalized spacial score (nSPS) is 28.8. The molecule has 1 nitrogen and oxygen atoms in total. The lowest BCUT2D eigenvalue weighted by Crippen LogP contribution is -2.21. The molecule has 0 amide bonds. The summed E-state index contributed by atoms with van der Waals surface area (Å²) in [4.78, 5) is 4.67. The van der Waals surface area contributed by atoms with Gasteiger partial charge in [0.1, 0.15) is 0 Å². The second-order valence-corrected chi connectivity index (χ2v) is 5.39. The smallest absolute Gasteiger partial charge is 0.0224 e. The summed E-state index contributed by atoms with van der Waals surface area (Å²) in [6, 6.07) is 0. The van der Waals surface area contributed by atoms with E-state index in [0.29, 0.717) is 0 Å². The van der Waals surface area contributed by atoms with Crippen molar-refractivity contribution in [3.63, 3.8) is 0 Å². The highest BCUT2D eigenvalue weighted by atomic mass is 14.7. The Morgan fingerprint density at radius 2 is 1.76 bits per heavy atom. The number of aliphatic imine (C=N–C) groups is 1. The van der Waals surface area contributed by atoms with E-state index in [9.17, 15) is 0 Å². The highest BCUT2D eigenvalue weighted by Gasteiger charge is 2.21. The zero-order chi connectivity index (χ0) is 12.5. The van der Waals surface area contributed by atoms with E-state index >= 15 is 0 Å². The van der Waals surface area contributed by atoms with E-state index in [0.717, 1.165) is 18.3 Å². The molecule has 0 aromatic rings. The van der Waals surface area contributed by atoms with Crippen molar-refractivity contribution in [1.82, 2.24) is 0 Å². The zero-order valence-electron chi connectivity index (χ0n) is 11.9. The van der Waals surface area contributed by atoms with Gasteiger partial charge in [-0.3, -0.25) is 4.99 Å². The third kappa shape index (κ3) is 5.06. The first kappa shape index (κ1) is 14.5. The Labute approximate surface area is 107 Å². The van der Waals surface area contributed by atoms with Gasteiger partial charge < -0.3 is 0 Å². The second kappa shape index (κ2) is 8.49. The van der Waals surface area contributed by atoms with Gasteiger partial charge in [-0.25, -0.2) is 0 Å². The van der Waals surface area contributed by atoms with E-state index in [1.165, 1.54) is 50.7 Å². The molecule has 2 atom stereocenters. The van der Waals surface area contributed by atoms with Crippen LogP contribution in [0, 0.1) is 11.8 Å². The molecule has 1 aliphatic rings. The van der Waals surface area contributed by atoms with E-state index in [-0.39, 0.29) is 0 Å². The predicted molar refractivity (Wildman–Crippen MR) is 77.5 cm³/mol. The van der Waals surface area contributed by atoms with Gasteiger partial charge in [0.15, 0.2) is 0 Å². The first-order chi connectivity index (χ1) is 8.29. The van der Waals surface area contributed by atoms with Crippen LogP contribution < -0.4 is 0 Å². The van der Waals surface area contributed by atoms with Gasteiger partial charge in [0.2, 0.25) is 0 Å². The van der Waals surface area contributed by atoms with Crippen molar-refractivity contribution in [1.29, 1.82) is 0 Å². The molecule has 0 aliphatic heterocycles. The van der Waals surface area contributed by atoms with Crippen LogP contribution in [0.15, 0.2) is 17.3 Å². The van der Waals surface area contributed by atoms with Gasteiger partial charge >= 0.3 is 0 Å². The van der Waals surface area contributed by atoms with Crippen molar-refractivity contribution >= 4 is 5.71 Å². The summed E-state index contributed by atoms with van der Waals surface area (Å²) in [5.41, 5.74) is 1.43. The van der Waals surface area contributed by atoms with Gasteiger partial charge in [0.05, 0.1) is 0 Å². The fraction of sp³-hybridized carbons (Fsp3) is 0.812. The molecule has 0 saturated heterocycles. The van der Waals surface area contributed by atoms with E-state index in [4.69, 9.17) is 0 Å². The van der Waals surface area contributed by atoms with Crippen LogP contribution in [0.25, 0.3) is 0 Å². The summed E-state index contributed by atoms with van der Waals surface area (Å²) in [6.45, 7) is 6.72. The third-order valence-electron chi connectivity index (χ3n) is 4.04. The van der Waals surface area contributed by atoms with Crippen molar-refractivity contribution in [2.24, 2.45) is 16.8 Å². The highest BCUT2D eigenvalue weighted by molar-refractivity contribution is 5.87. The van der Waals surface area contributed by atoms with Crippen LogP contribution >= 0.6 is 0 Å². The molecule has 1 fully saturated rings. The monoisotopic (exact) mass is 235 g/mol. The fourth-order valence-corrected chi connectivity index (χ4v) is 2.96. The maximum absolute atomic E-state index is 4.67. The van der Waals surface area contributed by atoms with Crippen LogP contribution in [0.2, 0.25) is 0 Å². The van der Waals surface area contributed by atoms with Crippen LogP contribution in [-0.4, -0.2) is 5.71 Å². The molecule has 0 radical (unpaired) electrons. The number of allylic oxidation sites excluding steroid dienone is 1. The SMILES string of the molecule is C/C=C/N=C(CC)C1CCCCCCCC1C. The van der Waals surface area contributed by atoms with Gasteiger partial charge in [-0.2, -0.15) is 0 Å². The molecule has 1 aliphatic carbocycles. The lowest BCUT2D eigenvalue weighted by molar-refractivity contribution is 0.392. The molecular weight excluding hydrogens is 206 g/mol. The highest BCUT2D eigenvalue weighted by Crippen LogP contribution is 2.29. The maximum Gasteiger partial charge on any atom is 0.0224 e. The minimum absolute atomic E-state index is 0.731. The third-order valence-corrected chi connectivity index (χ3v) is 4.04. The topological polar surface area (TPSA) is 12.4 Å². The lowest BCUT2D eigenvalue weighted by Gasteiger charge is -2.24. The summed E-state index contributed by atoms with van der Waals surface area (Å²) in [7, 11) is 0. The molecule has 1 rings (SSSR count). The number of hydrogen-bond donors (Lipinski definition) is 0. The van der Waals surface area contributed by atoms with E-state index in [1.54, 1.807) is 0 Å². The Balaban J connectivity index is 2.72. The minimum atomic E-state index is 0.731. The van der Waals surface area contributed by atoms with Crippen molar-refractivity contribution < 1.29 is 0 Å². The minimum Gasteiger partial charge on any atom is -0.266 e. The molecule has 1 saturated carbocycles. The van der Waals surface area contributed by atoms with E-state index < -0.39 is 0 Å². The van der Waals surface area contributed by atoms with Crippen LogP contribution in [0.3, 0.4) is 0 Å². The molecule has 98 valence electrons. The maximum atomic E-state index is 4.67. The van der Waals surface area contributed by atoms with E-state index in [1.807, 2.05) is 19.2 Å². The van der Waals surface area contributed by atoms with Crippen LogP contribution in [-0.2, 0) is 0 Å². The van der Waals surface area contributed by atoms with Crippen molar-refractivity contribution in [3.05, 3.63) is 12.3 Å². The van der Waals surface area contributed by atoms with Crippen molar-refractivity contribution in [2.45, 2.75) is 72.1 Å². The van der Waals surface area contributed by atoms with Gasteiger partial charge in [-0.1, -0.05) is 58.4 Å². The number of rotatable bonds is 3. The van der Waals surface area contributed by atoms with Gasteiger partial charge in [-0.15, -0.1) is 0 Å². The second-order valence-electron chi connectivity index (χ2n) is 5.39. The Kier molecular flexibility index (Phi) is 7.23. The standard InChI is InChI=1S/C16H29N/c1-4-13-17-16(5-2)15-12-10-8-6-7-9-11-14(15)3/h4,13-15H,5-12H2,1-3H3/b13-4+,17-16?. The Hall–Kier alpha value is -0.590. The van der Waals surface area contributed by atoms with Gasteiger partial charge in [0, 0.05) is 11.9 Å². The van der Waals surface area contributed by atoms with Gasteiger partial charge in [0.25, 0.3) is 0 Å². The van der Waals surface area contributed by atoms with E-state index in [2.05, 4.69) is 18.8 Å². The average molecular weight is 235 g/mol. The Bertz CT molecular complexity index is 252. The van der Waals surface area contributed by atoms with Crippen LogP contribution in [0.5, 0.6) is 0 Å². The molecule has 0 bridgehead atoms. The Morgan fingerprint density at radius 3 is 2.41 bits per heavy atom. The predicted octanol–water partition coefficient (Wildman–Crippen LogP) is 5.37. The molecule has 0 aromatic heterocycles. The summed E-state index contributed by atoms with van der Waals surface area (Å²) >= 11 is 0. The quantitative estimate of drug-likeness (QED) is 0.583. The largest absolute Gasteiger partial charge is 0.266 e. The summed E-state index contributed by atoms with van der Waals surface area (Å²) in [5.74, 6) is 1.55. The summed E-state index contributed by atoms with van der Waals surface area (Å²) in [6.07, 6.45) is 15.0. The van der Waals surface area contributed by atoms with Crippen LogP contribution in [0.4, 0.5) is 0 Å². The summed E-state index contributed by atoms with van der Waals surface area (Å²) < 4.78 is 0. The van der Waals surface area contributed by atoms with Crippen molar-refractivity contribution in [3.8, 4) is 0 Å². The number of nitrogens with zero attached hydrogens (tertiary/aromatic N) is 1. The molecule has 0 aromatic carbocycles. The molecule has 17 heavy (non-hydrogen) atoms. The van der Waals surface area contributed by atoms with Crippen molar-refractivity contribution in [2.75, 3.05) is 0 Å². The molecule has 0 heterocycles. The molecule has 1 heteroatoms. The Morgan fingerprint density at radius 1 is 1.12 bits per heavy atom. The molecule has 0 spiro atoms. The first-order valence-electron chi connectivity index (χ1n) is 7.47. The zero-order valence-corrected chi connectivity index (χ0v) is 11.9. The lowest BCUT2D eigenvalue weighted by atomic mass is 9.82. The van der Waals surface area contributed by atoms with Crippen LogP contribution in [0.1, 0.15) is 72.1 Å². The molecule has 2 unspecified atom stereocenters. The average Bonchev–Trinajstić information content (AvgIpc) is 2.44. The van der Waals surface area contributed by atoms with Gasteiger partial charge in [-0.05, 0) is 31.6 Å². The number of hydrogen-bond acceptors (Lipinski definition) is 1.